The Hall–Kier alpha value is -3.52. The largest absolute Gasteiger partial charge is 0.497 e. The van der Waals surface area contributed by atoms with E-state index in [1.807, 2.05) is 32.0 Å². The zero-order chi connectivity index (χ0) is 22.9. The van der Waals surface area contributed by atoms with Crippen molar-refractivity contribution in [3.05, 3.63) is 77.9 Å². The highest BCUT2D eigenvalue weighted by Gasteiger charge is 2.37. The highest BCUT2D eigenvalue weighted by molar-refractivity contribution is 7.92. The molecule has 0 fully saturated rings. The van der Waals surface area contributed by atoms with Crippen molar-refractivity contribution in [1.82, 2.24) is 0 Å². The SMILES string of the molecule is COc1ccc(S(=O)(=O)N2C[C@H](C(=O)Nc3c(C)cccc3C)Oc3ccccc32)cc1. The average molecular weight is 453 g/mol. The molecule has 3 aromatic rings. The molecular formula is C24H24N2O5S. The molecule has 1 aliphatic rings. The molecule has 1 aliphatic heterocycles. The molecule has 0 radical (unpaired) electrons. The second-order valence-corrected chi connectivity index (χ2v) is 9.40. The highest BCUT2D eigenvalue weighted by Crippen LogP contribution is 2.37. The number of hydrogen-bond acceptors (Lipinski definition) is 5. The van der Waals surface area contributed by atoms with Crippen LogP contribution in [-0.4, -0.2) is 34.1 Å². The molecule has 0 aliphatic carbocycles. The van der Waals surface area contributed by atoms with Gasteiger partial charge in [-0.2, -0.15) is 0 Å². The Kier molecular flexibility index (Phi) is 5.80. The molecule has 0 saturated heterocycles. The fourth-order valence-corrected chi connectivity index (χ4v) is 5.13. The van der Waals surface area contributed by atoms with Crippen molar-refractivity contribution < 1.29 is 22.7 Å². The maximum atomic E-state index is 13.5. The normalized spacial score (nSPS) is 15.5. The van der Waals surface area contributed by atoms with E-state index in [2.05, 4.69) is 5.32 Å². The minimum atomic E-state index is -3.94. The van der Waals surface area contributed by atoms with E-state index in [0.29, 0.717) is 22.9 Å². The fourth-order valence-electron chi connectivity index (χ4n) is 3.66. The molecule has 0 saturated carbocycles. The number of nitrogens with zero attached hydrogens (tertiary/aromatic N) is 1. The highest BCUT2D eigenvalue weighted by atomic mass is 32.2. The van der Waals surface area contributed by atoms with Gasteiger partial charge in [-0.25, -0.2) is 8.42 Å². The van der Waals surface area contributed by atoms with Crippen molar-refractivity contribution in [2.24, 2.45) is 0 Å². The molecule has 32 heavy (non-hydrogen) atoms. The summed E-state index contributed by atoms with van der Waals surface area (Å²) in [6.45, 7) is 3.66. The van der Waals surface area contributed by atoms with Crippen molar-refractivity contribution in [3.63, 3.8) is 0 Å². The number of anilines is 2. The number of sulfonamides is 1. The van der Waals surface area contributed by atoms with Gasteiger partial charge in [0.1, 0.15) is 11.5 Å². The first-order valence-corrected chi connectivity index (χ1v) is 11.5. The van der Waals surface area contributed by atoms with Crippen molar-refractivity contribution in [2.45, 2.75) is 24.8 Å². The molecule has 0 spiro atoms. The first kappa shape index (κ1) is 21.7. The number of para-hydroxylation sites is 3. The van der Waals surface area contributed by atoms with E-state index >= 15 is 0 Å². The van der Waals surface area contributed by atoms with Gasteiger partial charge in [0, 0.05) is 5.69 Å². The summed E-state index contributed by atoms with van der Waals surface area (Å²) in [5.41, 5.74) is 2.92. The number of nitrogens with one attached hydrogen (secondary N) is 1. The molecule has 1 amide bonds. The van der Waals surface area contributed by atoms with Gasteiger partial charge in [-0.05, 0) is 61.4 Å². The third kappa shape index (κ3) is 4.01. The summed E-state index contributed by atoms with van der Waals surface area (Å²) in [5.74, 6) is 0.474. The van der Waals surface area contributed by atoms with Crippen LogP contribution in [0.15, 0.2) is 71.6 Å². The van der Waals surface area contributed by atoms with E-state index in [9.17, 15) is 13.2 Å². The lowest BCUT2D eigenvalue weighted by molar-refractivity contribution is -0.122. The average Bonchev–Trinajstić information content (AvgIpc) is 2.80. The van der Waals surface area contributed by atoms with E-state index in [1.165, 1.54) is 23.5 Å². The quantitative estimate of drug-likeness (QED) is 0.635. The van der Waals surface area contributed by atoms with Gasteiger partial charge in [0.15, 0.2) is 6.10 Å². The van der Waals surface area contributed by atoms with Crippen molar-refractivity contribution in [1.29, 1.82) is 0 Å². The Labute approximate surface area is 187 Å². The number of carbonyl (C=O) groups excluding carboxylic acids is 1. The molecule has 1 atom stereocenters. The van der Waals surface area contributed by atoms with E-state index in [4.69, 9.17) is 9.47 Å². The van der Waals surface area contributed by atoms with Crippen molar-refractivity contribution >= 4 is 27.3 Å². The minimum Gasteiger partial charge on any atom is -0.497 e. The van der Waals surface area contributed by atoms with Gasteiger partial charge in [-0.1, -0.05) is 30.3 Å². The van der Waals surface area contributed by atoms with Gasteiger partial charge < -0.3 is 14.8 Å². The maximum Gasteiger partial charge on any atom is 0.267 e. The van der Waals surface area contributed by atoms with Gasteiger partial charge in [0.2, 0.25) is 0 Å². The maximum absolute atomic E-state index is 13.5. The van der Waals surface area contributed by atoms with Crippen LogP contribution in [0.5, 0.6) is 11.5 Å². The first-order chi connectivity index (χ1) is 15.3. The lowest BCUT2D eigenvalue weighted by Crippen LogP contribution is -2.48. The molecule has 1 N–H and O–H groups in total. The van der Waals surface area contributed by atoms with Gasteiger partial charge in [0.25, 0.3) is 15.9 Å². The number of amides is 1. The predicted molar refractivity (Wildman–Crippen MR) is 123 cm³/mol. The Balaban J connectivity index is 1.68. The summed E-state index contributed by atoms with van der Waals surface area (Å²) >= 11 is 0. The summed E-state index contributed by atoms with van der Waals surface area (Å²) in [6, 6.07) is 18.7. The number of aryl methyl sites for hydroxylation is 2. The predicted octanol–water partition coefficient (Wildman–Crippen LogP) is 3.91. The first-order valence-electron chi connectivity index (χ1n) is 10.1. The van der Waals surface area contributed by atoms with Crippen molar-refractivity contribution in [3.8, 4) is 11.5 Å². The van der Waals surface area contributed by atoms with Crippen LogP contribution < -0.4 is 19.1 Å². The van der Waals surface area contributed by atoms with Crippen LogP contribution in [0.1, 0.15) is 11.1 Å². The number of methoxy groups -OCH3 is 1. The van der Waals surface area contributed by atoms with Gasteiger partial charge >= 0.3 is 0 Å². The second kappa shape index (κ2) is 8.55. The monoisotopic (exact) mass is 452 g/mol. The zero-order valence-electron chi connectivity index (χ0n) is 18.0. The molecule has 0 aromatic heterocycles. The summed E-state index contributed by atoms with van der Waals surface area (Å²) < 4.78 is 39.2. The second-order valence-electron chi connectivity index (χ2n) is 7.54. The van der Waals surface area contributed by atoms with Crippen LogP contribution in [0.3, 0.4) is 0 Å². The molecule has 3 aromatic carbocycles. The third-order valence-corrected chi connectivity index (χ3v) is 7.20. The topological polar surface area (TPSA) is 84.9 Å². The molecule has 0 unspecified atom stereocenters. The zero-order valence-corrected chi connectivity index (χ0v) is 18.8. The molecule has 166 valence electrons. The van der Waals surface area contributed by atoms with E-state index in [1.54, 1.807) is 36.4 Å². The fraction of sp³-hybridized carbons (Fsp3) is 0.208. The lowest BCUT2D eigenvalue weighted by atomic mass is 10.1. The standard InChI is InChI=1S/C24H24N2O5S/c1-16-7-6-8-17(2)23(16)25-24(27)22-15-26(20-9-4-5-10-21(20)31-22)32(28,29)19-13-11-18(30-3)12-14-19/h4-14,22H,15H2,1-3H3,(H,25,27)/t22-/m1/s1. The van der Waals surface area contributed by atoms with E-state index in [-0.39, 0.29) is 11.4 Å². The van der Waals surface area contributed by atoms with Gasteiger partial charge in [-0.15, -0.1) is 0 Å². The van der Waals surface area contributed by atoms with Crippen LogP contribution in [0, 0.1) is 13.8 Å². The smallest absolute Gasteiger partial charge is 0.267 e. The number of carbonyl (C=O) groups is 1. The van der Waals surface area contributed by atoms with Gasteiger partial charge in [-0.3, -0.25) is 9.10 Å². The summed E-state index contributed by atoms with van der Waals surface area (Å²) in [4.78, 5) is 13.2. The van der Waals surface area contributed by atoms with Crippen LogP contribution in [0.4, 0.5) is 11.4 Å². The molecule has 8 heteroatoms. The molecular weight excluding hydrogens is 428 g/mol. The lowest BCUT2D eigenvalue weighted by Gasteiger charge is -2.34. The number of ether oxygens (including phenoxy) is 2. The Morgan fingerprint density at radius 2 is 1.66 bits per heavy atom. The Bertz CT molecular complexity index is 1240. The summed E-state index contributed by atoms with van der Waals surface area (Å²) in [6.07, 6.45) is -1.02. The number of fused-ring (bicyclic) bond motifs is 1. The van der Waals surface area contributed by atoms with Crippen LogP contribution >= 0.6 is 0 Å². The van der Waals surface area contributed by atoms with Crippen LogP contribution in [0.25, 0.3) is 0 Å². The number of benzene rings is 3. The minimum absolute atomic E-state index is 0.101. The van der Waals surface area contributed by atoms with Gasteiger partial charge in [0.05, 0.1) is 24.2 Å². The summed E-state index contributed by atoms with van der Waals surface area (Å²) in [7, 11) is -2.42. The van der Waals surface area contributed by atoms with Crippen molar-refractivity contribution in [2.75, 3.05) is 23.3 Å². The summed E-state index contributed by atoms with van der Waals surface area (Å²) in [5, 5.41) is 2.90. The molecule has 7 nitrogen and oxygen atoms in total. The molecule has 1 heterocycles. The number of hydrogen-bond donors (Lipinski definition) is 1. The van der Waals surface area contributed by atoms with E-state index in [0.717, 1.165) is 11.1 Å². The van der Waals surface area contributed by atoms with E-state index < -0.39 is 22.0 Å². The Morgan fingerprint density at radius 1 is 1.00 bits per heavy atom. The Morgan fingerprint density at radius 3 is 2.31 bits per heavy atom. The van der Waals surface area contributed by atoms with Crippen LogP contribution in [-0.2, 0) is 14.8 Å². The molecule has 0 bridgehead atoms. The van der Waals surface area contributed by atoms with Crippen LogP contribution in [0.2, 0.25) is 0 Å². The third-order valence-electron chi connectivity index (χ3n) is 5.40. The number of rotatable bonds is 5. The molecule has 4 rings (SSSR count).